The van der Waals surface area contributed by atoms with E-state index in [1.807, 2.05) is 30.5 Å². The number of hydrogen-bond donors (Lipinski definition) is 1. The topological polar surface area (TPSA) is 48.1 Å². The zero-order valence-corrected chi connectivity index (χ0v) is 10.6. The van der Waals surface area contributed by atoms with Crippen LogP contribution in [-0.4, -0.2) is 4.98 Å². The quantitative estimate of drug-likeness (QED) is 0.885. The summed E-state index contributed by atoms with van der Waals surface area (Å²) in [6, 6.07) is 10.2. The molecule has 0 radical (unpaired) electrons. The van der Waals surface area contributed by atoms with Gasteiger partial charge in [0.1, 0.15) is 5.01 Å². The summed E-state index contributed by atoms with van der Waals surface area (Å²) in [4.78, 5) is 4.36. The van der Waals surface area contributed by atoms with E-state index in [0.717, 1.165) is 10.7 Å². The number of thiazole rings is 1. The first-order valence-electron chi connectivity index (χ1n) is 5.59. The van der Waals surface area contributed by atoms with Gasteiger partial charge < -0.3 is 10.5 Å². The molecule has 1 heterocycles. The third-order valence-corrected chi connectivity index (χ3v) is 3.44. The highest BCUT2D eigenvalue weighted by Crippen LogP contribution is 2.18. The number of nitrogens with two attached hydrogens (primary N) is 1. The van der Waals surface area contributed by atoms with Crippen LogP contribution in [0.15, 0.2) is 35.7 Å². The molecule has 0 fully saturated rings. The molecule has 90 valence electrons. The normalized spacial score (nSPS) is 12.6. The minimum atomic E-state index is 0.0826. The molecule has 17 heavy (non-hydrogen) atoms. The van der Waals surface area contributed by atoms with Gasteiger partial charge in [0, 0.05) is 11.9 Å². The maximum atomic E-state index is 5.78. The van der Waals surface area contributed by atoms with Gasteiger partial charge in [-0.2, -0.15) is 0 Å². The van der Waals surface area contributed by atoms with Crippen LogP contribution in [0.4, 0.5) is 0 Å². The predicted octanol–water partition coefficient (Wildman–Crippen LogP) is 2.88. The molecule has 2 rings (SSSR count). The lowest BCUT2D eigenvalue weighted by Gasteiger charge is -2.12. The van der Waals surface area contributed by atoms with E-state index in [1.54, 1.807) is 11.3 Å². The molecule has 0 saturated heterocycles. The summed E-state index contributed by atoms with van der Waals surface area (Å²) in [6.07, 6.45) is 0.0826. The Balaban J connectivity index is 1.90. The smallest absolute Gasteiger partial charge is 0.107 e. The van der Waals surface area contributed by atoms with Crippen LogP contribution in [-0.2, 0) is 17.9 Å². The average molecular weight is 248 g/mol. The molecule has 0 saturated carbocycles. The van der Waals surface area contributed by atoms with Crippen LogP contribution in [0.1, 0.15) is 29.3 Å². The number of benzene rings is 1. The van der Waals surface area contributed by atoms with Gasteiger partial charge in [0.25, 0.3) is 0 Å². The molecule has 0 aliphatic heterocycles. The molecule has 0 aliphatic carbocycles. The SMILES string of the molecule is CC(OCc1csc(CN)n1)c1ccccc1. The second kappa shape index (κ2) is 5.91. The Bertz CT molecular complexity index is 455. The van der Waals surface area contributed by atoms with Crippen molar-refractivity contribution in [3.63, 3.8) is 0 Å². The standard InChI is InChI=1S/C13H16N2OS/c1-10(11-5-3-2-4-6-11)16-8-12-9-17-13(7-14)15-12/h2-6,9-10H,7-8,14H2,1H3. The minimum Gasteiger partial charge on any atom is -0.367 e. The van der Waals surface area contributed by atoms with Crippen molar-refractivity contribution in [1.82, 2.24) is 4.98 Å². The van der Waals surface area contributed by atoms with Gasteiger partial charge in [-0.1, -0.05) is 30.3 Å². The summed E-state index contributed by atoms with van der Waals surface area (Å²) < 4.78 is 5.78. The van der Waals surface area contributed by atoms with E-state index in [2.05, 4.69) is 17.1 Å². The van der Waals surface area contributed by atoms with Gasteiger partial charge in [-0.15, -0.1) is 11.3 Å². The fourth-order valence-electron chi connectivity index (χ4n) is 1.54. The molecule has 2 N–H and O–H groups in total. The van der Waals surface area contributed by atoms with Gasteiger partial charge in [-0.3, -0.25) is 0 Å². The lowest BCUT2D eigenvalue weighted by Crippen LogP contribution is -2.01. The minimum absolute atomic E-state index is 0.0826. The maximum absolute atomic E-state index is 5.78. The summed E-state index contributed by atoms with van der Waals surface area (Å²) in [7, 11) is 0. The van der Waals surface area contributed by atoms with Crippen LogP contribution < -0.4 is 5.73 Å². The number of nitrogens with zero attached hydrogens (tertiary/aromatic N) is 1. The molecular formula is C13H16N2OS. The van der Waals surface area contributed by atoms with Crippen molar-refractivity contribution in [2.75, 3.05) is 0 Å². The Morgan fingerprint density at radius 2 is 2.12 bits per heavy atom. The Kier molecular flexibility index (Phi) is 4.25. The summed E-state index contributed by atoms with van der Waals surface area (Å²) >= 11 is 1.58. The van der Waals surface area contributed by atoms with Crippen molar-refractivity contribution >= 4 is 11.3 Å². The highest BCUT2D eigenvalue weighted by Gasteiger charge is 2.07. The van der Waals surface area contributed by atoms with Crippen molar-refractivity contribution in [2.24, 2.45) is 5.73 Å². The number of hydrogen-bond acceptors (Lipinski definition) is 4. The van der Waals surface area contributed by atoms with Crippen LogP contribution >= 0.6 is 11.3 Å². The largest absolute Gasteiger partial charge is 0.367 e. The van der Waals surface area contributed by atoms with E-state index >= 15 is 0 Å². The predicted molar refractivity (Wildman–Crippen MR) is 69.7 cm³/mol. The van der Waals surface area contributed by atoms with Crippen LogP contribution in [0.5, 0.6) is 0 Å². The average Bonchev–Trinajstić information content (AvgIpc) is 2.85. The fourth-order valence-corrected chi connectivity index (χ4v) is 2.20. The third-order valence-electron chi connectivity index (χ3n) is 2.52. The molecule has 0 amide bonds. The maximum Gasteiger partial charge on any atom is 0.107 e. The van der Waals surface area contributed by atoms with Gasteiger partial charge in [0.2, 0.25) is 0 Å². The lowest BCUT2D eigenvalue weighted by atomic mass is 10.1. The Morgan fingerprint density at radius 1 is 1.35 bits per heavy atom. The second-order valence-electron chi connectivity index (χ2n) is 3.80. The highest BCUT2D eigenvalue weighted by atomic mass is 32.1. The van der Waals surface area contributed by atoms with Crippen molar-refractivity contribution in [3.05, 3.63) is 52.0 Å². The molecule has 4 heteroatoms. The van der Waals surface area contributed by atoms with Crippen LogP contribution in [0, 0.1) is 0 Å². The zero-order valence-electron chi connectivity index (χ0n) is 9.80. The van der Waals surface area contributed by atoms with Crippen molar-refractivity contribution in [1.29, 1.82) is 0 Å². The summed E-state index contributed by atoms with van der Waals surface area (Å²) in [5.41, 5.74) is 7.66. The van der Waals surface area contributed by atoms with Crippen LogP contribution in [0.2, 0.25) is 0 Å². The molecular weight excluding hydrogens is 232 g/mol. The van der Waals surface area contributed by atoms with Gasteiger partial charge in [0.15, 0.2) is 0 Å². The van der Waals surface area contributed by atoms with E-state index in [0.29, 0.717) is 13.2 Å². The number of aromatic nitrogens is 1. The zero-order chi connectivity index (χ0) is 12.1. The summed E-state index contributed by atoms with van der Waals surface area (Å²) in [5, 5.41) is 2.95. The van der Waals surface area contributed by atoms with Gasteiger partial charge in [-0.25, -0.2) is 4.98 Å². The summed E-state index contributed by atoms with van der Waals surface area (Å²) in [5.74, 6) is 0. The van der Waals surface area contributed by atoms with Crippen LogP contribution in [0.25, 0.3) is 0 Å². The first kappa shape index (κ1) is 12.2. The molecule has 3 nitrogen and oxygen atoms in total. The van der Waals surface area contributed by atoms with Crippen LogP contribution in [0.3, 0.4) is 0 Å². The van der Waals surface area contributed by atoms with Crippen molar-refractivity contribution in [2.45, 2.75) is 26.2 Å². The van der Waals surface area contributed by atoms with E-state index in [4.69, 9.17) is 10.5 Å². The monoisotopic (exact) mass is 248 g/mol. The number of rotatable bonds is 5. The van der Waals surface area contributed by atoms with E-state index < -0.39 is 0 Å². The molecule has 1 aromatic heterocycles. The molecule has 0 aliphatic rings. The van der Waals surface area contributed by atoms with Crippen molar-refractivity contribution < 1.29 is 4.74 Å². The highest BCUT2D eigenvalue weighted by molar-refractivity contribution is 7.09. The van der Waals surface area contributed by atoms with Crippen molar-refractivity contribution in [3.8, 4) is 0 Å². The molecule has 0 bridgehead atoms. The van der Waals surface area contributed by atoms with E-state index in [1.165, 1.54) is 5.56 Å². The van der Waals surface area contributed by atoms with E-state index in [9.17, 15) is 0 Å². The lowest BCUT2D eigenvalue weighted by molar-refractivity contribution is 0.0507. The molecule has 2 aromatic rings. The van der Waals surface area contributed by atoms with Gasteiger partial charge in [-0.05, 0) is 12.5 Å². The summed E-state index contributed by atoms with van der Waals surface area (Å²) in [6.45, 7) is 3.08. The molecule has 1 unspecified atom stereocenters. The Morgan fingerprint density at radius 3 is 2.76 bits per heavy atom. The molecule has 0 spiro atoms. The fraction of sp³-hybridized carbons (Fsp3) is 0.308. The molecule has 1 atom stereocenters. The molecule has 1 aromatic carbocycles. The first-order valence-corrected chi connectivity index (χ1v) is 6.47. The third kappa shape index (κ3) is 3.36. The van der Waals surface area contributed by atoms with Gasteiger partial charge in [0.05, 0.1) is 18.4 Å². The Labute approximate surface area is 105 Å². The number of ether oxygens (including phenoxy) is 1. The van der Waals surface area contributed by atoms with Gasteiger partial charge >= 0.3 is 0 Å². The Hall–Kier alpha value is -1.23. The second-order valence-corrected chi connectivity index (χ2v) is 4.74. The van der Waals surface area contributed by atoms with E-state index in [-0.39, 0.29) is 6.10 Å². The first-order chi connectivity index (χ1) is 8.29.